The first-order valence-electron chi connectivity index (χ1n) is 6.93. The summed E-state index contributed by atoms with van der Waals surface area (Å²) in [5.74, 6) is 1.49. The summed E-state index contributed by atoms with van der Waals surface area (Å²) >= 11 is 0. The van der Waals surface area contributed by atoms with Gasteiger partial charge in [0.2, 0.25) is 10.0 Å². The molecule has 3 rings (SSSR count). The fourth-order valence-corrected chi connectivity index (χ4v) is 5.38. The van der Waals surface area contributed by atoms with Gasteiger partial charge in [0, 0.05) is 13.1 Å². The molecule has 5 nitrogen and oxygen atoms in total. The van der Waals surface area contributed by atoms with Crippen LogP contribution in [-0.4, -0.2) is 31.0 Å². The van der Waals surface area contributed by atoms with Crippen LogP contribution in [0.25, 0.3) is 0 Å². The third-order valence-corrected chi connectivity index (χ3v) is 6.59. The van der Waals surface area contributed by atoms with Crippen LogP contribution < -0.4 is 0 Å². The minimum absolute atomic E-state index is 0.270. The lowest BCUT2D eigenvalue weighted by Crippen LogP contribution is -2.29. The minimum atomic E-state index is -3.44. The summed E-state index contributed by atoms with van der Waals surface area (Å²) in [5.41, 5.74) is 0.465. The standard InChI is InChI=1S/C13H20N2O3S/c1-9-13(10(2)18-14-9)19(16,17)15-7-11-5-3-4-6-12(11)8-15/h11-12H,3-8H2,1-2H3. The zero-order valence-electron chi connectivity index (χ0n) is 11.4. The number of rotatable bonds is 2. The Bertz CT molecular complexity index is 545. The van der Waals surface area contributed by atoms with Crippen LogP contribution in [0.5, 0.6) is 0 Å². The predicted octanol–water partition coefficient (Wildman–Crippen LogP) is 2.10. The highest BCUT2D eigenvalue weighted by molar-refractivity contribution is 7.89. The molecule has 6 heteroatoms. The summed E-state index contributed by atoms with van der Waals surface area (Å²) in [6.45, 7) is 4.68. The first kappa shape index (κ1) is 13.1. The summed E-state index contributed by atoms with van der Waals surface area (Å²) < 4.78 is 32.1. The van der Waals surface area contributed by atoms with Gasteiger partial charge in [-0.1, -0.05) is 18.0 Å². The van der Waals surface area contributed by atoms with Gasteiger partial charge in [-0.15, -0.1) is 0 Å². The van der Waals surface area contributed by atoms with Crippen molar-refractivity contribution in [1.29, 1.82) is 0 Å². The van der Waals surface area contributed by atoms with Crippen molar-refractivity contribution in [2.24, 2.45) is 11.8 Å². The van der Waals surface area contributed by atoms with E-state index in [2.05, 4.69) is 5.16 Å². The van der Waals surface area contributed by atoms with Crippen molar-refractivity contribution in [3.05, 3.63) is 11.5 Å². The number of fused-ring (bicyclic) bond motifs is 1. The Hall–Kier alpha value is -0.880. The Morgan fingerprint density at radius 1 is 1.16 bits per heavy atom. The zero-order chi connectivity index (χ0) is 13.6. The van der Waals surface area contributed by atoms with Crippen LogP contribution in [0, 0.1) is 25.7 Å². The summed E-state index contributed by atoms with van der Waals surface area (Å²) in [7, 11) is -3.44. The SMILES string of the molecule is Cc1noc(C)c1S(=O)(=O)N1CC2CCCCC2C1. The van der Waals surface area contributed by atoms with Gasteiger partial charge < -0.3 is 4.52 Å². The predicted molar refractivity (Wildman–Crippen MR) is 70.2 cm³/mol. The molecule has 0 radical (unpaired) electrons. The second-order valence-corrected chi connectivity index (χ2v) is 7.65. The van der Waals surface area contributed by atoms with E-state index in [4.69, 9.17) is 4.52 Å². The van der Waals surface area contributed by atoms with E-state index in [0.29, 0.717) is 36.4 Å². The first-order chi connectivity index (χ1) is 9.00. The molecule has 0 aromatic carbocycles. The molecule has 1 aliphatic carbocycles. The molecule has 2 atom stereocenters. The van der Waals surface area contributed by atoms with E-state index >= 15 is 0 Å². The maximum Gasteiger partial charge on any atom is 0.248 e. The van der Waals surface area contributed by atoms with E-state index in [1.807, 2.05) is 0 Å². The molecule has 0 amide bonds. The number of hydrogen-bond donors (Lipinski definition) is 0. The molecule has 1 saturated heterocycles. The Labute approximate surface area is 114 Å². The van der Waals surface area contributed by atoms with Crippen LogP contribution >= 0.6 is 0 Å². The molecule has 1 aromatic heterocycles. The van der Waals surface area contributed by atoms with Crippen molar-refractivity contribution in [3.8, 4) is 0 Å². The molecule has 0 bridgehead atoms. The van der Waals surface area contributed by atoms with E-state index in [1.165, 1.54) is 12.8 Å². The molecule has 0 spiro atoms. The van der Waals surface area contributed by atoms with Gasteiger partial charge in [0.05, 0.1) is 0 Å². The number of sulfonamides is 1. The van der Waals surface area contributed by atoms with Gasteiger partial charge in [-0.25, -0.2) is 8.42 Å². The molecule has 19 heavy (non-hydrogen) atoms. The molecule has 0 N–H and O–H groups in total. The molecule has 2 unspecified atom stereocenters. The number of nitrogens with zero attached hydrogens (tertiary/aromatic N) is 2. The quantitative estimate of drug-likeness (QED) is 0.834. The lowest BCUT2D eigenvalue weighted by atomic mass is 9.82. The van der Waals surface area contributed by atoms with Crippen LogP contribution in [0.4, 0.5) is 0 Å². The van der Waals surface area contributed by atoms with Crippen LogP contribution in [0.3, 0.4) is 0 Å². The highest BCUT2D eigenvalue weighted by Gasteiger charge is 2.41. The molecular weight excluding hydrogens is 264 g/mol. The molecular formula is C13H20N2O3S. The van der Waals surface area contributed by atoms with Crippen molar-refractivity contribution in [2.75, 3.05) is 13.1 Å². The average molecular weight is 284 g/mol. The van der Waals surface area contributed by atoms with Crippen molar-refractivity contribution in [1.82, 2.24) is 9.46 Å². The topological polar surface area (TPSA) is 63.4 Å². The van der Waals surface area contributed by atoms with E-state index in [9.17, 15) is 8.42 Å². The van der Waals surface area contributed by atoms with E-state index in [1.54, 1.807) is 18.2 Å². The molecule has 106 valence electrons. The normalized spacial score (nSPS) is 28.5. The average Bonchev–Trinajstić information content (AvgIpc) is 2.93. The van der Waals surface area contributed by atoms with Crippen LogP contribution in [0.15, 0.2) is 9.42 Å². The summed E-state index contributed by atoms with van der Waals surface area (Å²) in [5, 5.41) is 3.76. The van der Waals surface area contributed by atoms with Gasteiger partial charge in [-0.05, 0) is 38.5 Å². The maximum absolute atomic E-state index is 12.7. The highest BCUT2D eigenvalue weighted by Crippen LogP contribution is 2.38. The Morgan fingerprint density at radius 3 is 2.21 bits per heavy atom. The number of aromatic nitrogens is 1. The molecule has 1 saturated carbocycles. The van der Waals surface area contributed by atoms with Gasteiger partial charge in [0.25, 0.3) is 0 Å². The fraction of sp³-hybridized carbons (Fsp3) is 0.769. The third-order valence-electron chi connectivity index (χ3n) is 4.51. The van der Waals surface area contributed by atoms with Crippen LogP contribution in [-0.2, 0) is 10.0 Å². The van der Waals surface area contributed by atoms with Crippen molar-refractivity contribution < 1.29 is 12.9 Å². The second-order valence-electron chi connectivity index (χ2n) is 5.78. The third kappa shape index (κ3) is 2.10. The van der Waals surface area contributed by atoms with E-state index in [-0.39, 0.29) is 4.90 Å². The van der Waals surface area contributed by atoms with Crippen molar-refractivity contribution in [2.45, 2.75) is 44.4 Å². The van der Waals surface area contributed by atoms with Gasteiger partial charge in [0.1, 0.15) is 10.6 Å². The van der Waals surface area contributed by atoms with E-state index < -0.39 is 10.0 Å². The molecule has 2 heterocycles. The smallest absolute Gasteiger partial charge is 0.248 e. The summed E-state index contributed by atoms with van der Waals surface area (Å²) in [4.78, 5) is 0.270. The van der Waals surface area contributed by atoms with Crippen molar-refractivity contribution in [3.63, 3.8) is 0 Å². The fourth-order valence-electron chi connectivity index (χ4n) is 3.53. The summed E-state index contributed by atoms with van der Waals surface area (Å²) in [6.07, 6.45) is 4.80. The van der Waals surface area contributed by atoms with Gasteiger partial charge in [-0.3, -0.25) is 0 Å². The maximum atomic E-state index is 12.7. The molecule has 2 fully saturated rings. The lowest BCUT2D eigenvalue weighted by Gasteiger charge is -2.22. The Morgan fingerprint density at radius 2 is 1.74 bits per heavy atom. The monoisotopic (exact) mass is 284 g/mol. The number of hydrogen-bond acceptors (Lipinski definition) is 4. The van der Waals surface area contributed by atoms with E-state index in [0.717, 1.165) is 12.8 Å². The van der Waals surface area contributed by atoms with Gasteiger partial charge in [-0.2, -0.15) is 4.31 Å². The van der Waals surface area contributed by atoms with Crippen molar-refractivity contribution >= 4 is 10.0 Å². The van der Waals surface area contributed by atoms with Crippen LogP contribution in [0.1, 0.15) is 37.1 Å². The Kier molecular flexibility index (Phi) is 3.17. The number of aryl methyl sites for hydroxylation is 2. The summed E-state index contributed by atoms with van der Waals surface area (Å²) in [6, 6.07) is 0. The first-order valence-corrected chi connectivity index (χ1v) is 8.37. The Balaban J connectivity index is 1.90. The lowest BCUT2D eigenvalue weighted by molar-refractivity contribution is 0.299. The highest BCUT2D eigenvalue weighted by atomic mass is 32.2. The molecule has 1 aliphatic heterocycles. The van der Waals surface area contributed by atoms with Crippen LogP contribution in [0.2, 0.25) is 0 Å². The minimum Gasteiger partial charge on any atom is -0.360 e. The largest absolute Gasteiger partial charge is 0.360 e. The van der Waals surface area contributed by atoms with Gasteiger partial charge >= 0.3 is 0 Å². The second kappa shape index (κ2) is 4.59. The van der Waals surface area contributed by atoms with Gasteiger partial charge in [0.15, 0.2) is 5.76 Å². The molecule has 2 aliphatic rings. The molecule has 1 aromatic rings. The zero-order valence-corrected chi connectivity index (χ0v) is 12.2.